The summed E-state index contributed by atoms with van der Waals surface area (Å²) in [4.78, 5) is 12.1. The van der Waals surface area contributed by atoms with Crippen LogP contribution in [0.15, 0.2) is 18.2 Å². The van der Waals surface area contributed by atoms with E-state index in [-0.39, 0.29) is 10.9 Å². The third-order valence-corrected chi connectivity index (χ3v) is 9.14. The lowest BCUT2D eigenvalue weighted by Crippen LogP contribution is -2.43. The van der Waals surface area contributed by atoms with Gasteiger partial charge >= 0.3 is 0 Å². The number of ether oxygens (including phenoxy) is 1. The van der Waals surface area contributed by atoms with Crippen LogP contribution in [0.1, 0.15) is 32.8 Å². The van der Waals surface area contributed by atoms with Gasteiger partial charge in [-0.3, -0.25) is 4.79 Å². The Morgan fingerprint density at radius 1 is 1.32 bits per heavy atom. The van der Waals surface area contributed by atoms with E-state index < -0.39 is 14.4 Å². The Kier molecular flexibility index (Phi) is 4.68. The number of anilines is 1. The van der Waals surface area contributed by atoms with Crippen molar-refractivity contribution in [1.29, 1.82) is 0 Å². The molecule has 122 valence electrons. The van der Waals surface area contributed by atoms with E-state index in [1.54, 1.807) is 0 Å². The molecule has 0 aromatic heterocycles. The number of benzene rings is 1. The molecule has 1 amide bonds. The molecule has 5 heteroatoms. The van der Waals surface area contributed by atoms with Crippen LogP contribution in [0.5, 0.6) is 5.75 Å². The summed E-state index contributed by atoms with van der Waals surface area (Å²) in [6.45, 7) is 13.6. The molecule has 0 aliphatic carbocycles. The SMILES string of the molecule is Cc1ccc2c(c1)OC(CCO[Si](C)(C)C(C)(C)C)C(=O)N2. The maximum atomic E-state index is 12.1. The summed E-state index contributed by atoms with van der Waals surface area (Å²) in [6, 6.07) is 5.80. The number of carbonyl (C=O) groups is 1. The zero-order valence-electron chi connectivity index (χ0n) is 14.4. The third kappa shape index (κ3) is 3.70. The lowest BCUT2D eigenvalue weighted by molar-refractivity contribution is -0.124. The van der Waals surface area contributed by atoms with Gasteiger partial charge in [0.05, 0.1) is 5.69 Å². The Bertz CT molecular complexity index is 564. The zero-order chi connectivity index (χ0) is 16.5. The van der Waals surface area contributed by atoms with Crippen LogP contribution in [0.2, 0.25) is 18.1 Å². The maximum Gasteiger partial charge on any atom is 0.265 e. The summed E-state index contributed by atoms with van der Waals surface area (Å²) in [7, 11) is -1.78. The first-order valence-electron chi connectivity index (χ1n) is 7.82. The van der Waals surface area contributed by atoms with Gasteiger partial charge in [-0.05, 0) is 42.8 Å². The van der Waals surface area contributed by atoms with Crippen LogP contribution in [0, 0.1) is 6.92 Å². The first-order chi connectivity index (χ1) is 10.1. The summed E-state index contributed by atoms with van der Waals surface area (Å²) < 4.78 is 12.0. The molecule has 0 saturated heterocycles. The molecule has 2 rings (SSSR count). The van der Waals surface area contributed by atoms with Crippen molar-refractivity contribution in [3.05, 3.63) is 23.8 Å². The molecule has 1 aromatic rings. The average molecular weight is 321 g/mol. The first-order valence-corrected chi connectivity index (χ1v) is 10.7. The van der Waals surface area contributed by atoms with Crippen LogP contribution in [0.3, 0.4) is 0 Å². The molecule has 1 heterocycles. The van der Waals surface area contributed by atoms with E-state index in [9.17, 15) is 4.79 Å². The van der Waals surface area contributed by atoms with E-state index >= 15 is 0 Å². The van der Waals surface area contributed by atoms with Crippen LogP contribution >= 0.6 is 0 Å². The molecule has 0 bridgehead atoms. The highest BCUT2D eigenvalue weighted by molar-refractivity contribution is 6.74. The average Bonchev–Trinajstić information content (AvgIpc) is 2.38. The molecule has 1 unspecified atom stereocenters. The number of nitrogens with one attached hydrogen (secondary N) is 1. The number of hydrogen-bond acceptors (Lipinski definition) is 3. The van der Waals surface area contributed by atoms with Crippen molar-refractivity contribution in [1.82, 2.24) is 0 Å². The topological polar surface area (TPSA) is 47.6 Å². The van der Waals surface area contributed by atoms with Crippen molar-refractivity contribution < 1.29 is 14.0 Å². The molecule has 1 aliphatic heterocycles. The molecule has 0 saturated carbocycles. The lowest BCUT2D eigenvalue weighted by atomic mass is 10.1. The molecule has 1 aromatic carbocycles. The number of carbonyl (C=O) groups excluding carboxylic acids is 1. The molecule has 1 aliphatic rings. The summed E-state index contributed by atoms with van der Waals surface area (Å²) in [5.74, 6) is 0.659. The summed E-state index contributed by atoms with van der Waals surface area (Å²) >= 11 is 0. The van der Waals surface area contributed by atoms with Gasteiger partial charge in [0.1, 0.15) is 5.75 Å². The fourth-order valence-corrected chi connectivity index (χ4v) is 3.14. The number of rotatable bonds is 4. The predicted octanol–water partition coefficient (Wildman–Crippen LogP) is 4.11. The highest BCUT2D eigenvalue weighted by Gasteiger charge is 2.37. The van der Waals surface area contributed by atoms with Crippen molar-refractivity contribution in [3.8, 4) is 5.75 Å². The van der Waals surface area contributed by atoms with Gasteiger partial charge in [0, 0.05) is 13.0 Å². The normalized spacial score (nSPS) is 18.5. The van der Waals surface area contributed by atoms with E-state index in [0.29, 0.717) is 13.0 Å². The van der Waals surface area contributed by atoms with Gasteiger partial charge in [-0.2, -0.15) is 0 Å². The van der Waals surface area contributed by atoms with Crippen LogP contribution in [-0.4, -0.2) is 26.9 Å². The number of amides is 1. The van der Waals surface area contributed by atoms with E-state index in [1.807, 2.05) is 25.1 Å². The van der Waals surface area contributed by atoms with Crippen LogP contribution < -0.4 is 10.1 Å². The Balaban J connectivity index is 1.96. The second kappa shape index (κ2) is 6.05. The second-order valence-corrected chi connectivity index (χ2v) is 12.3. The molecule has 1 atom stereocenters. The first kappa shape index (κ1) is 17.0. The molecular weight excluding hydrogens is 294 g/mol. The molecule has 0 radical (unpaired) electrons. The summed E-state index contributed by atoms with van der Waals surface area (Å²) in [5, 5.41) is 3.08. The summed E-state index contributed by atoms with van der Waals surface area (Å²) in [5.41, 5.74) is 1.86. The Morgan fingerprint density at radius 2 is 2.00 bits per heavy atom. The molecular formula is C17H27NO3Si. The second-order valence-electron chi connectivity index (χ2n) is 7.49. The van der Waals surface area contributed by atoms with E-state index in [4.69, 9.17) is 9.16 Å². The van der Waals surface area contributed by atoms with Crippen molar-refractivity contribution in [2.75, 3.05) is 11.9 Å². The van der Waals surface area contributed by atoms with Gasteiger partial charge in [-0.1, -0.05) is 26.8 Å². The minimum absolute atomic E-state index is 0.0878. The zero-order valence-corrected chi connectivity index (χ0v) is 15.4. The smallest absolute Gasteiger partial charge is 0.265 e. The van der Waals surface area contributed by atoms with Crippen LogP contribution in [0.25, 0.3) is 0 Å². The Morgan fingerprint density at radius 3 is 2.64 bits per heavy atom. The van der Waals surface area contributed by atoms with E-state index in [1.165, 1.54) is 0 Å². The Hall–Kier alpha value is -1.33. The van der Waals surface area contributed by atoms with Crippen molar-refractivity contribution in [3.63, 3.8) is 0 Å². The van der Waals surface area contributed by atoms with Gasteiger partial charge in [-0.15, -0.1) is 0 Å². The number of aryl methyl sites for hydroxylation is 1. The maximum absolute atomic E-state index is 12.1. The lowest BCUT2D eigenvalue weighted by Gasteiger charge is -2.36. The molecule has 0 spiro atoms. The van der Waals surface area contributed by atoms with Crippen LogP contribution in [0.4, 0.5) is 5.69 Å². The summed E-state index contributed by atoms with van der Waals surface area (Å²) in [6.07, 6.45) is 0.102. The van der Waals surface area contributed by atoms with E-state index in [2.05, 4.69) is 39.2 Å². The molecule has 22 heavy (non-hydrogen) atoms. The number of hydrogen-bond donors (Lipinski definition) is 1. The highest BCUT2D eigenvalue weighted by Crippen LogP contribution is 2.37. The predicted molar refractivity (Wildman–Crippen MR) is 92.0 cm³/mol. The van der Waals surface area contributed by atoms with Gasteiger partial charge in [-0.25, -0.2) is 0 Å². The Labute approximate surface area is 134 Å². The van der Waals surface area contributed by atoms with Crippen LogP contribution in [-0.2, 0) is 9.22 Å². The van der Waals surface area contributed by atoms with E-state index in [0.717, 1.165) is 17.0 Å². The highest BCUT2D eigenvalue weighted by atomic mass is 28.4. The van der Waals surface area contributed by atoms with Crippen molar-refractivity contribution in [2.24, 2.45) is 0 Å². The number of fused-ring (bicyclic) bond motifs is 1. The molecule has 1 N–H and O–H groups in total. The van der Waals surface area contributed by atoms with Crippen molar-refractivity contribution >= 4 is 19.9 Å². The fraction of sp³-hybridized carbons (Fsp3) is 0.588. The molecule has 0 fully saturated rings. The standard InChI is InChI=1S/C17H27NO3Si/c1-12-7-8-13-15(11-12)21-14(16(19)18-13)9-10-20-22(5,6)17(2,3)4/h7-8,11,14H,9-10H2,1-6H3,(H,18,19). The van der Waals surface area contributed by atoms with Gasteiger partial charge in [0.2, 0.25) is 0 Å². The quantitative estimate of drug-likeness (QED) is 0.849. The molecule has 4 nitrogen and oxygen atoms in total. The van der Waals surface area contributed by atoms with Gasteiger partial charge < -0.3 is 14.5 Å². The monoisotopic (exact) mass is 321 g/mol. The largest absolute Gasteiger partial charge is 0.478 e. The minimum atomic E-state index is -1.78. The van der Waals surface area contributed by atoms with Gasteiger partial charge in [0.15, 0.2) is 14.4 Å². The minimum Gasteiger partial charge on any atom is -0.478 e. The van der Waals surface area contributed by atoms with Gasteiger partial charge in [0.25, 0.3) is 5.91 Å². The fourth-order valence-electron chi connectivity index (χ4n) is 2.08. The third-order valence-electron chi connectivity index (χ3n) is 4.61. The van der Waals surface area contributed by atoms with Crippen molar-refractivity contribution in [2.45, 2.75) is 58.4 Å².